The molecule has 0 heterocycles. The van der Waals surface area contributed by atoms with Gasteiger partial charge in [-0.15, -0.1) is 0 Å². The fourth-order valence-corrected chi connectivity index (χ4v) is 1.55. The van der Waals surface area contributed by atoms with Crippen LogP contribution in [-0.4, -0.2) is 0 Å². The van der Waals surface area contributed by atoms with Gasteiger partial charge in [0.2, 0.25) is 0 Å². The lowest BCUT2D eigenvalue weighted by Crippen LogP contribution is -2.11. The van der Waals surface area contributed by atoms with Crippen molar-refractivity contribution in [3.8, 4) is 0 Å². The zero-order valence-corrected chi connectivity index (χ0v) is 8.85. The molecule has 14 heavy (non-hydrogen) atoms. The molecule has 0 aromatic heterocycles. The third kappa shape index (κ3) is 2.31. The van der Waals surface area contributed by atoms with Crippen LogP contribution in [0.1, 0.15) is 44.2 Å². The van der Waals surface area contributed by atoms with E-state index in [1.54, 1.807) is 12.1 Å². The zero-order valence-electron chi connectivity index (χ0n) is 8.85. The molecule has 1 rings (SSSR count). The SMILES string of the molecule is CCC(C)c1ccccc1C(C)(F)F. The van der Waals surface area contributed by atoms with E-state index in [0.29, 0.717) is 0 Å². The molecule has 1 aromatic rings. The Kier molecular flexibility index (Phi) is 3.25. The van der Waals surface area contributed by atoms with Crippen LogP contribution < -0.4 is 0 Å². The second-order valence-electron chi connectivity index (χ2n) is 3.78. The molecule has 0 spiro atoms. The summed E-state index contributed by atoms with van der Waals surface area (Å²) in [5, 5.41) is 0. The number of halogens is 2. The largest absolute Gasteiger partial charge is 0.270 e. The van der Waals surface area contributed by atoms with Crippen molar-refractivity contribution in [1.29, 1.82) is 0 Å². The quantitative estimate of drug-likeness (QED) is 0.678. The molecule has 0 radical (unpaired) electrons. The molecular formula is C12H16F2. The summed E-state index contributed by atoms with van der Waals surface area (Å²) in [6, 6.07) is 6.79. The highest BCUT2D eigenvalue weighted by atomic mass is 19.3. The minimum Gasteiger partial charge on any atom is -0.202 e. The second-order valence-corrected chi connectivity index (χ2v) is 3.78. The van der Waals surface area contributed by atoms with E-state index in [1.807, 2.05) is 19.9 Å². The molecule has 2 heteroatoms. The van der Waals surface area contributed by atoms with Crippen LogP contribution in [0.4, 0.5) is 8.78 Å². The number of hydrogen-bond acceptors (Lipinski definition) is 0. The van der Waals surface area contributed by atoms with Crippen LogP contribution in [-0.2, 0) is 5.92 Å². The van der Waals surface area contributed by atoms with E-state index in [4.69, 9.17) is 0 Å². The van der Waals surface area contributed by atoms with Crippen molar-refractivity contribution in [3.63, 3.8) is 0 Å². The molecule has 0 N–H and O–H groups in total. The van der Waals surface area contributed by atoms with Gasteiger partial charge >= 0.3 is 0 Å². The van der Waals surface area contributed by atoms with Crippen LogP contribution in [0.3, 0.4) is 0 Å². The van der Waals surface area contributed by atoms with Crippen LogP contribution in [0.25, 0.3) is 0 Å². The smallest absolute Gasteiger partial charge is 0.202 e. The monoisotopic (exact) mass is 198 g/mol. The molecule has 1 atom stereocenters. The van der Waals surface area contributed by atoms with E-state index in [1.165, 1.54) is 6.07 Å². The highest BCUT2D eigenvalue weighted by Gasteiger charge is 2.28. The molecule has 0 saturated heterocycles. The van der Waals surface area contributed by atoms with Crippen molar-refractivity contribution in [3.05, 3.63) is 35.4 Å². The molecule has 1 unspecified atom stereocenters. The van der Waals surface area contributed by atoms with Gasteiger partial charge in [0.05, 0.1) is 0 Å². The van der Waals surface area contributed by atoms with Gasteiger partial charge in [-0.3, -0.25) is 0 Å². The van der Waals surface area contributed by atoms with Gasteiger partial charge in [-0.05, 0) is 17.9 Å². The van der Waals surface area contributed by atoms with Gasteiger partial charge in [0.15, 0.2) is 0 Å². The minimum absolute atomic E-state index is 0.161. The third-order valence-electron chi connectivity index (χ3n) is 2.58. The Morgan fingerprint density at radius 3 is 2.36 bits per heavy atom. The summed E-state index contributed by atoms with van der Waals surface area (Å²) >= 11 is 0. The van der Waals surface area contributed by atoms with E-state index >= 15 is 0 Å². The summed E-state index contributed by atoms with van der Waals surface area (Å²) in [5.41, 5.74) is 0.928. The van der Waals surface area contributed by atoms with Gasteiger partial charge in [-0.1, -0.05) is 38.1 Å². The lowest BCUT2D eigenvalue weighted by Gasteiger charge is -2.19. The van der Waals surface area contributed by atoms with E-state index in [0.717, 1.165) is 18.9 Å². The maximum atomic E-state index is 13.2. The first-order valence-corrected chi connectivity index (χ1v) is 4.94. The van der Waals surface area contributed by atoms with Gasteiger partial charge in [-0.25, -0.2) is 8.78 Å². The van der Waals surface area contributed by atoms with Crippen LogP contribution in [0, 0.1) is 0 Å². The summed E-state index contributed by atoms with van der Waals surface area (Å²) in [4.78, 5) is 0. The van der Waals surface area contributed by atoms with Crippen molar-refractivity contribution in [2.75, 3.05) is 0 Å². The van der Waals surface area contributed by atoms with Crippen LogP contribution >= 0.6 is 0 Å². The number of hydrogen-bond donors (Lipinski definition) is 0. The molecule has 0 bridgehead atoms. The molecule has 0 aliphatic carbocycles. The Morgan fingerprint density at radius 1 is 1.29 bits per heavy atom. The predicted octanol–water partition coefficient (Wildman–Crippen LogP) is 4.31. The average molecular weight is 198 g/mol. The summed E-state index contributed by atoms with van der Waals surface area (Å²) in [5.74, 6) is -2.54. The molecular weight excluding hydrogens is 182 g/mol. The normalized spacial score (nSPS) is 14.1. The second kappa shape index (κ2) is 4.07. The molecule has 0 aliphatic rings. The Balaban J connectivity index is 3.16. The Morgan fingerprint density at radius 2 is 1.86 bits per heavy atom. The number of alkyl halides is 2. The Labute approximate surface area is 84.0 Å². The van der Waals surface area contributed by atoms with E-state index in [-0.39, 0.29) is 11.5 Å². The van der Waals surface area contributed by atoms with Crippen molar-refractivity contribution in [2.24, 2.45) is 0 Å². The summed E-state index contributed by atoms with van der Waals surface area (Å²) < 4.78 is 26.4. The maximum absolute atomic E-state index is 13.2. The lowest BCUT2D eigenvalue weighted by atomic mass is 9.91. The first-order chi connectivity index (χ1) is 6.46. The van der Waals surface area contributed by atoms with Crippen LogP contribution in [0.2, 0.25) is 0 Å². The lowest BCUT2D eigenvalue weighted by molar-refractivity contribution is 0.0162. The molecule has 0 aliphatic heterocycles. The van der Waals surface area contributed by atoms with Gasteiger partial charge in [-0.2, -0.15) is 0 Å². The van der Waals surface area contributed by atoms with Crippen molar-refractivity contribution < 1.29 is 8.78 Å². The maximum Gasteiger partial charge on any atom is 0.270 e. The third-order valence-corrected chi connectivity index (χ3v) is 2.58. The fraction of sp³-hybridized carbons (Fsp3) is 0.500. The molecule has 0 nitrogen and oxygen atoms in total. The summed E-state index contributed by atoms with van der Waals surface area (Å²) in [7, 11) is 0. The molecule has 0 saturated carbocycles. The predicted molar refractivity (Wildman–Crippen MR) is 54.7 cm³/mol. The topological polar surface area (TPSA) is 0 Å². The number of rotatable bonds is 3. The highest BCUT2D eigenvalue weighted by Crippen LogP contribution is 2.34. The van der Waals surface area contributed by atoms with Crippen molar-refractivity contribution in [2.45, 2.75) is 39.0 Å². The van der Waals surface area contributed by atoms with Gasteiger partial charge < -0.3 is 0 Å². The molecule has 0 fully saturated rings. The number of benzene rings is 1. The van der Waals surface area contributed by atoms with Gasteiger partial charge in [0.25, 0.3) is 5.92 Å². The Bertz CT molecular complexity index is 299. The minimum atomic E-state index is -2.74. The van der Waals surface area contributed by atoms with Crippen molar-refractivity contribution in [1.82, 2.24) is 0 Å². The first kappa shape index (κ1) is 11.2. The van der Waals surface area contributed by atoms with Gasteiger partial charge in [0, 0.05) is 12.5 Å². The average Bonchev–Trinajstić information content (AvgIpc) is 2.15. The molecule has 1 aromatic carbocycles. The Hall–Kier alpha value is -0.920. The molecule has 0 amide bonds. The standard InChI is InChI=1S/C12H16F2/c1-4-9(2)10-7-5-6-8-11(10)12(3,13)14/h5-9H,4H2,1-3H3. The first-order valence-electron chi connectivity index (χ1n) is 4.94. The fourth-order valence-electron chi connectivity index (χ4n) is 1.55. The van der Waals surface area contributed by atoms with Crippen LogP contribution in [0.5, 0.6) is 0 Å². The van der Waals surface area contributed by atoms with Crippen LogP contribution in [0.15, 0.2) is 24.3 Å². The van der Waals surface area contributed by atoms with E-state index < -0.39 is 5.92 Å². The highest BCUT2D eigenvalue weighted by molar-refractivity contribution is 5.33. The zero-order chi connectivity index (χ0) is 10.8. The summed E-state index contributed by atoms with van der Waals surface area (Å²) in [6.45, 7) is 4.94. The summed E-state index contributed by atoms with van der Waals surface area (Å²) in [6.07, 6.45) is 0.882. The van der Waals surface area contributed by atoms with E-state index in [9.17, 15) is 8.78 Å². The van der Waals surface area contributed by atoms with E-state index in [2.05, 4.69) is 0 Å². The van der Waals surface area contributed by atoms with Gasteiger partial charge in [0.1, 0.15) is 0 Å². The van der Waals surface area contributed by atoms with Crippen molar-refractivity contribution >= 4 is 0 Å². The molecule has 78 valence electrons.